The van der Waals surface area contributed by atoms with Crippen molar-refractivity contribution in [3.05, 3.63) is 58.9 Å². The molecule has 0 saturated heterocycles. The van der Waals surface area contributed by atoms with Crippen molar-refractivity contribution in [1.82, 2.24) is 4.98 Å². The number of anilines is 1. The maximum Gasteiger partial charge on any atom is 0.255 e. The maximum atomic E-state index is 13.4. The molecule has 0 radical (unpaired) electrons. The average molecular weight is 274 g/mol. The molecule has 0 unspecified atom stereocenters. The highest BCUT2D eigenvalue weighted by atomic mass is 19.1. The third kappa shape index (κ3) is 2.39. The van der Waals surface area contributed by atoms with Crippen molar-refractivity contribution in [1.29, 1.82) is 0 Å². The third-order valence-electron chi connectivity index (χ3n) is 3.42. The summed E-state index contributed by atoms with van der Waals surface area (Å²) in [4.78, 5) is 15.1. The maximum absolute atomic E-state index is 13.4. The molecule has 1 aliphatic carbocycles. The van der Waals surface area contributed by atoms with Gasteiger partial charge in [-0.1, -0.05) is 6.07 Å². The van der Waals surface area contributed by atoms with Crippen LogP contribution in [0.15, 0.2) is 30.3 Å². The second-order valence-corrected chi connectivity index (χ2v) is 4.76. The number of hydrogen-bond donors (Lipinski definition) is 1. The normalized spacial score (nSPS) is 13.1. The van der Waals surface area contributed by atoms with E-state index in [1.165, 1.54) is 5.56 Å². The summed E-state index contributed by atoms with van der Waals surface area (Å²) in [6.07, 6.45) is 3.09. The fourth-order valence-corrected chi connectivity index (χ4v) is 2.41. The van der Waals surface area contributed by atoms with E-state index in [-0.39, 0.29) is 5.69 Å². The molecule has 5 heteroatoms. The standard InChI is InChI=1S/C15H12F2N2O/c16-13-7-6-12(14(17)19-13)18-15(20)11-5-4-9-2-1-3-10(9)8-11/h4-8H,1-3H2,(H,18,20). The molecule has 20 heavy (non-hydrogen) atoms. The van der Waals surface area contributed by atoms with Crippen LogP contribution < -0.4 is 5.32 Å². The summed E-state index contributed by atoms with van der Waals surface area (Å²) in [5.41, 5.74) is 2.76. The first-order valence-corrected chi connectivity index (χ1v) is 6.39. The van der Waals surface area contributed by atoms with E-state index in [2.05, 4.69) is 10.3 Å². The summed E-state index contributed by atoms with van der Waals surface area (Å²) in [5.74, 6) is -2.37. The van der Waals surface area contributed by atoms with E-state index in [1.54, 1.807) is 6.07 Å². The van der Waals surface area contributed by atoms with E-state index in [0.717, 1.165) is 37.0 Å². The Kier molecular flexibility index (Phi) is 3.18. The fourth-order valence-electron chi connectivity index (χ4n) is 2.41. The fraction of sp³-hybridized carbons (Fsp3) is 0.200. The molecule has 0 saturated carbocycles. The lowest BCUT2D eigenvalue weighted by Gasteiger charge is -2.07. The van der Waals surface area contributed by atoms with Gasteiger partial charge >= 0.3 is 0 Å². The number of aryl methyl sites for hydroxylation is 2. The van der Waals surface area contributed by atoms with Gasteiger partial charge in [-0.15, -0.1) is 0 Å². The summed E-state index contributed by atoms with van der Waals surface area (Å²) in [6.45, 7) is 0. The minimum atomic E-state index is -1.03. The van der Waals surface area contributed by atoms with Crippen molar-refractivity contribution in [3.63, 3.8) is 0 Å². The SMILES string of the molecule is O=C(Nc1ccc(F)nc1F)c1ccc2c(c1)CCC2. The molecule has 0 spiro atoms. The molecule has 1 aromatic heterocycles. The highest BCUT2D eigenvalue weighted by molar-refractivity contribution is 6.04. The monoisotopic (exact) mass is 274 g/mol. The number of amides is 1. The van der Waals surface area contributed by atoms with Crippen molar-refractivity contribution in [3.8, 4) is 0 Å². The number of nitrogens with zero attached hydrogens (tertiary/aromatic N) is 1. The van der Waals surface area contributed by atoms with Crippen molar-refractivity contribution in [2.24, 2.45) is 0 Å². The Morgan fingerprint density at radius 2 is 1.90 bits per heavy atom. The van der Waals surface area contributed by atoms with Gasteiger partial charge in [0.05, 0.1) is 5.69 Å². The molecule has 0 aliphatic heterocycles. The summed E-state index contributed by atoms with van der Waals surface area (Å²) < 4.78 is 26.1. The van der Waals surface area contributed by atoms with Gasteiger partial charge in [0.2, 0.25) is 11.9 Å². The third-order valence-corrected chi connectivity index (χ3v) is 3.42. The van der Waals surface area contributed by atoms with Crippen LogP contribution >= 0.6 is 0 Å². The Hall–Kier alpha value is -2.30. The van der Waals surface area contributed by atoms with Gasteiger partial charge < -0.3 is 5.32 Å². The molecule has 0 fully saturated rings. The number of benzene rings is 1. The van der Waals surface area contributed by atoms with Crippen molar-refractivity contribution in [2.75, 3.05) is 5.32 Å². The molecule has 2 aromatic rings. The molecular formula is C15H12F2N2O. The topological polar surface area (TPSA) is 42.0 Å². The lowest BCUT2D eigenvalue weighted by Crippen LogP contribution is -2.14. The van der Waals surface area contributed by atoms with Gasteiger partial charge in [0, 0.05) is 5.56 Å². The molecule has 1 aromatic carbocycles. The van der Waals surface area contributed by atoms with Crippen LogP contribution in [0.4, 0.5) is 14.5 Å². The first-order chi connectivity index (χ1) is 9.63. The van der Waals surface area contributed by atoms with Crippen LogP contribution in [0.25, 0.3) is 0 Å². The highest BCUT2D eigenvalue weighted by Gasteiger charge is 2.15. The van der Waals surface area contributed by atoms with Gasteiger partial charge in [0.15, 0.2) is 0 Å². The molecular weight excluding hydrogens is 262 g/mol. The molecule has 0 atom stereocenters. The van der Waals surface area contributed by atoms with Crippen molar-refractivity contribution in [2.45, 2.75) is 19.3 Å². The molecule has 102 valence electrons. The minimum absolute atomic E-state index is 0.128. The predicted octanol–water partition coefficient (Wildman–Crippen LogP) is 3.10. The Labute approximate surface area is 114 Å². The van der Waals surface area contributed by atoms with Crippen LogP contribution in [0.1, 0.15) is 27.9 Å². The van der Waals surface area contributed by atoms with Crippen LogP contribution in [0, 0.1) is 11.9 Å². The Morgan fingerprint density at radius 1 is 1.10 bits per heavy atom. The van der Waals surface area contributed by atoms with Gasteiger partial charge in [0.1, 0.15) is 0 Å². The zero-order valence-electron chi connectivity index (χ0n) is 10.6. The van der Waals surface area contributed by atoms with E-state index in [4.69, 9.17) is 0 Å². The molecule has 1 heterocycles. The summed E-state index contributed by atoms with van der Waals surface area (Å²) in [6, 6.07) is 7.63. The second-order valence-electron chi connectivity index (χ2n) is 4.76. The molecule has 1 amide bonds. The zero-order chi connectivity index (χ0) is 14.1. The lowest BCUT2D eigenvalue weighted by molar-refractivity contribution is 0.102. The summed E-state index contributed by atoms with van der Waals surface area (Å²) in [5, 5.41) is 2.40. The Balaban J connectivity index is 1.82. The largest absolute Gasteiger partial charge is 0.318 e. The van der Waals surface area contributed by atoms with Crippen LogP contribution in [-0.4, -0.2) is 10.9 Å². The Morgan fingerprint density at radius 3 is 2.70 bits per heavy atom. The molecule has 3 rings (SSSR count). The van der Waals surface area contributed by atoms with Crippen molar-refractivity contribution < 1.29 is 13.6 Å². The average Bonchev–Trinajstić information content (AvgIpc) is 2.89. The van der Waals surface area contributed by atoms with Crippen LogP contribution in [0.3, 0.4) is 0 Å². The van der Waals surface area contributed by atoms with E-state index in [0.29, 0.717) is 5.56 Å². The molecule has 0 bridgehead atoms. The van der Waals surface area contributed by atoms with Gasteiger partial charge in [-0.25, -0.2) is 0 Å². The Bertz CT molecular complexity index is 686. The van der Waals surface area contributed by atoms with E-state index >= 15 is 0 Å². The highest BCUT2D eigenvalue weighted by Crippen LogP contribution is 2.23. The number of carbonyl (C=O) groups excluding carboxylic acids is 1. The number of hydrogen-bond acceptors (Lipinski definition) is 2. The van der Waals surface area contributed by atoms with Gasteiger partial charge in [0.25, 0.3) is 5.91 Å². The second kappa shape index (κ2) is 5.00. The van der Waals surface area contributed by atoms with Gasteiger partial charge in [-0.2, -0.15) is 13.8 Å². The van der Waals surface area contributed by atoms with Crippen LogP contribution in [0.5, 0.6) is 0 Å². The minimum Gasteiger partial charge on any atom is -0.318 e. The zero-order valence-corrected chi connectivity index (χ0v) is 10.6. The number of halogens is 2. The smallest absolute Gasteiger partial charge is 0.255 e. The number of rotatable bonds is 2. The van der Waals surface area contributed by atoms with E-state index < -0.39 is 17.8 Å². The van der Waals surface area contributed by atoms with Crippen LogP contribution in [0.2, 0.25) is 0 Å². The first kappa shape index (κ1) is 12.7. The van der Waals surface area contributed by atoms with Crippen molar-refractivity contribution >= 4 is 11.6 Å². The van der Waals surface area contributed by atoms with E-state index in [9.17, 15) is 13.6 Å². The number of fused-ring (bicyclic) bond motifs is 1. The first-order valence-electron chi connectivity index (χ1n) is 6.39. The summed E-state index contributed by atoms with van der Waals surface area (Å²) in [7, 11) is 0. The van der Waals surface area contributed by atoms with E-state index in [1.807, 2.05) is 12.1 Å². The number of nitrogens with one attached hydrogen (secondary N) is 1. The number of aromatic nitrogens is 1. The predicted molar refractivity (Wildman–Crippen MR) is 70.6 cm³/mol. The molecule has 3 nitrogen and oxygen atoms in total. The molecule has 1 N–H and O–H groups in total. The summed E-state index contributed by atoms with van der Waals surface area (Å²) >= 11 is 0. The van der Waals surface area contributed by atoms with Gasteiger partial charge in [-0.05, 0) is 54.7 Å². The lowest BCUT2D eigenvalue weighted by atomic mass is 10.1. The molecule has 1 aliphatic rings. The van der Waals surface area contributed by atoms with Gasteiger partial charge in [-0.3, -0.25) is 4.79 Å². The quantitative estimate of drug-likeness (QED) is 0.855. The van der Waals surface area contributed by atoms with Crippen LogP contribution in [-0.2, 0) is 12.8 Å². The number of carbonyl (C=O) groups is 1. The number of pyridine rings is 1.